The first-order valence-electron chi connectivity index (χ1n) is 9.96. The van der Waals surface area contributed by atoms with E-state index in [1.807, 2.05) is 29.9 Å². The molecule has 0 spiro atoms. The van der Waals surface area contributed by atoms with Crippen molar-refractivity contribution in [3.63, 3.8) is 0 Å². The van der Waals surface area contributed by atoms with Crippen LogP contribution in [-0.2, 0) is 11.2 Å². The maximum atomic E-state index is 5.91. The molecule has 4 rings (SSSR count). The zero-order valence-electron chi connectivity index (χ0n) is 16.6. The number of nitrogens with one attached hydrogen (secondary N) is 2. The summed E-state index contributed by atoms with van der Waals surface area (Å²) in [6.07, 6.45) is 8.48. The number of benzene rings is 1. The molecule has 2 aromatic rings. The van der Waals surface area contributed by atoms with E-state index < -0.39 is 0 Å². The Labute approximate surface area is 184 Å². The lowest BCUT2D eigenvalue weighted by Crippen LogP contribution is -2.47. The number of halogens is 1. The lowest BCUT2D eigenvalue weighted by atomic mass is 9.96. The highest BCUT2D eigenvalue weighted by Crippen LogP contribution is 2.34. The van der Waals surface area contributed by atoms with Crippen LogP contribution in [0, 0.1) is 6.92 Å². The van der Waals surface area contributed by atoms with E-state index >= 15 is 0 Å². The Morgan fingerprint density at radius 1 is 1.29 bits per heavy atom. The van der Waals surface area contributed by atoms with E-state index in [4.69, 9.17) is 4.74 Å². The van der Waals surface area contributed by atoms with Gasteiger partial charge in [0.05, 0.1) is 29.6 Å². The number of aliphatic imine (C=N–C) groups is 1. The molecule has 28 heavy (non-hydrogen) atoms. The largest absolute Gasteiger partial charge is 0.373 e. The molecular formula is C21H30IN5O. The van der Waals surface area contributed by atoms with Gasteiger partial charge in [-0.1, -0.05) is 18.2 Å². The SMILES string of the molecule is CN=C(NCCCc1cn(-c2ccccc2)nc1C)NC1CC2CCC1O2.I. The first kappa shape index (κ1) is 21.1. The number of hydrogen-bond donors (Lipinski definition) is 2. The van der Waals surface area contributed by atoms with Crippen LogP contribution in [0.3, 0.4) is 0 Å². The summed E-state index contributed by atoms with van der Waals surface area (Å²) in [6, 6.07) is 10.7. The van der Waals surface area contributed by atoms with Crippen LogP contribution in [0.15, 0.2) is 41.5 Å². The van der Waals surface area contributed by atoms with E-state index in [-0.39, 0.29) is 24.0 Å². The Morgan fingerprint density at radius 3 is 2.79 bits per heavy atom. The van der Waals surface area contributed by atoms with Crippen LogP contribution in [0.1, 0.15) is 36.9 Å². The average molecular weight is 495 g/mol. The van der Waals surface area contributed by atoms with Gasteiger partial charge in [0.2, 0.25) is 0 Å². The van der Waals surface area contributed by atoms with E-state index in [0.29, 0.717) is 18.2 Å². The molecule has 2 bridgehead atoms. The van der Waals surface area contributed by atoms with E-state index in [0.717, 1.165) is 43.1 Å². The molecule has 2 fully saturated rings. The molecule has 0 radical (unpaired) electrons. The second-order valence-corrected chi connectivity index (χ2v) is 7.48. The Hall–Kier alpha value is -1.61. The zero-order chi connectivity index (χ0) is 18.6. The standard InChI is InChI=1S/C21H29N5O.HI/c1-15-16(14-26(25-15)17-8-4-3-5-9-17)7-6-12-23-21(22-2)24-19-13-18-10-11-20(19)27-18;/h3-5,8-9,14,18-20H,6-7,10-13H2,1-2H3,(H2,22,23,24);1H. The number of ether oxygens (including phenoxy) is 1. The predicted molar refractivity (Wildman–Crippen MR) is 123 cm³/mol. The minimum atomic E-state index is 0. The summed E-state index contributed by atoms with van der Waals surface area (Å²) >= 11 is 0. The lowest BCUT2D eigenvalue weighted by Gasteiger charge is -2.22. The number of hydrogen-bond acceptors (Lipinski definition) is 3. The van der Waals surface area contributed by atoms with Gasteiger partial charge in [-0.25, -0.2) is 4.68 Å². The number of aromatic nitrogens is 2. The van der Waals surface area contributed by atoms with Crippen molar-refractivity contribution >= 4 is 29.9 Å². The molecule has 0 aliphatic carbocycles. The Morgan fingerprint density at radius 2 is 2.11 bits per heavy atom. The second kappa shape index (κ2) is 9.73. The van der Waals surface area contributed by atoms with Gasteiger partial charge in [0.25, 0.3) is 0 Å². The molecule has 3 unspecified atom stereocenters. The maximum Gasteiger partial charge on any atom is 0.191 e. The monoisotopic (exact) mass is 495 g/mol. The number of rotatable bonds is 6. The number of aryl methyl sites for hydroxylation is 2. The number of guanidine groups is 1. The van der Waals surface area contributed by atoms with Gasteiger partial charge in [-0.05, 0) is 56.7 Å². The fraction of sp³-hybridized carbons (Fsp3) is 0.524. The van der Waals surface area contributed by atoms with Crippen molar-refractivity contribution < 1.29 is 4.74 Å². The van der Waals surface area contributed by atoms with E-state index in [2.05, 4.69) is 46.0 Å². The first-order chi connectivity index (χ1) is 13.2. The average Bonchev–Trinajstić information content (AvgIpc) is 3.41. The van der Waals surface area contributed by atoms with E-state index in [1.54, 1.807) is 0 Å². The minimum absolute atomic E-state index is 0. The Balaban J connectivity index is 0.00000225. The van der Waals surface area contributed by atoms with Gasteiger partial charge in [0, 0.05) is 19.8 Å². The van der Waals surface area contributed by atoms with Crippen LogP contribution in [0.2, 0.25) is 0 Å². The molecule has 3 heterocycles. The highest BCUT2D eigenvalue weighted by atomic mass is 127. The van der Waals surface area contributed by atoms with Gasteiger partial charge in [-0.3, -0.25) is 4.99 Å². The highest BCUT2D eigenvalue weighted by Gasteiger charge is 2.41. The molecule has 1 aromatic heterocycles. The lowest BCUT2D eigenvalue weighted by molar-refractivity contribution is 0.0992. The van der Waals surface area contributed by atoms with Crippen molar-refractivity contribution in [3.8, 4) is 5.69 Å². The molecule has 152 valence electrons. The summed E-state index contributed by atoms with van der Waals surface area (Å²) in [6.45, 7) is 2.97. The summed E-state index contributed by atoms with van der Waals surface area (Å²) in [7, 11) is 1.83. The summed E-state index contributed by atoms with van der Waals surface area (Å²) in [4.78, 5) is 4.36. The highest BCUT2D eigenvalue weighted by molar-refractivity contribution is 14.0. The minimum Gasteiger partial charge on any atom is -0.373 e. The second-order valence-electron chi connectivity index (χ2n) is 7.48. The van der Waals surface area contributed by atoms with Crippen molar-refractivity contribution in [2.24, 2.45) is 4.99 Å². The maximum absolute atomic E-state index is 5.91. The third-order valence-electron chi connectivity index (χ3n) is 5.59. The molecule has 3 atom stereocenters. The van der Waals surface area contributed by atoms with Crippen molar-refractivity contribution in [1.29, 1.82) is 0 Å². The normalized spacial score (nSPS) is 23.5. The van der Waals surface area contributed by atoms with Crippen molar-refractivity contribution in [2.45, 2.75) is 57.3 Å². The van der Waals surface area contributed by atoms with Gasteiger partial charge in [0.15, 0.2) is 5.96 Å². The Kier molecular flexibility index (Phi) is 7.34. The molecule has 6 nitrogen and oxygen atoms in total. The number of para-hydroxylation sites is 1. The molecule has 0 amide bonds. The first-order valence-corrected chi connectivity index (χ1v) is 9.96. The van der Waals surface area contributed by atoms with Crippen LogP contribution in [0.25, 0.3) is 5.69 Å². The van der Waals surface area contributed by atoms with Gasteiger partial charge >= 0.3 is 0 Å². The molecular weight excluding hydrogens is 465 g/mol. The molecule has 2 N–H and O–H groups in total. The summed E-state index contributed by atoms with van der Waals surface area (Å²) in [5.74, 6) is 0.882. The smallest absolute Gasteiger partial charge is 0.191 e. The van der Waals surface area contributed by atoms with Gasteiger partial charge in [-0.15, -0.1) is 24.0 Å². The summed E-state index contributed by atoms with van der Waals surface area (Å²) < 4.78 is 7.88. The van der Waals surface area contributed by atoms with Crippen LogP contribution in [-0.4, -0.2) is 47.6 Å². The molecule has 1 aromatic carbocycles. The predicted octanol–water partition coefficient (Wildman–Crippen LogP) is 3.22. The summed E-state index contributed by atoms with van der Waals surface area (Å²) in [5, 5.41) is 11.6. The fourth-order valence-corrected chi connectivity index (χ4v) is 4.10. The van der Waals surface area contributed by atoms with E-state index in [9.17, 15) is 0 Å². The number of fused-ring (bicyclic) bond motifs is 2. The quantitative estimate of drug-likeness (QED) is 0.280. The Bertz CT molecular complexity index is 791. The molecule has 2 saturated heterocycles. The van der Waals surface area contributed by atoms with E-state index in [1.165, 1.54) is 18.4 Å². The topological polar surface area (TPSA) is 63.5 Å². The van der Waals surface area contributed by atoms with Crippen molar-refractivity contribution in [1.82, 2.24) is 20.4 Å². The third-order valence-corrected chi connectivity index (χ3v) is 5.59. The fourth-order valence-electron chi connectivity index (χ4n) is 4.10. The van der Waals surface area contributed by atoms with Crippen LogP contribution >= 0.6 is 24.0 Å². The third kappa shape index (κ3) is 4.86. The zero-order valence-corrected chi connectivity index (χ0v) is 18.9. The number of nitrogens with zero attached hydrogens (tertiary/aromatic N) is 3. The van der Waals surface area contributed by atoms with Crippen molar-refractivity contribution in [2.75, 3.05) is 13.6 Å². The molecule has 2 aliphatic heterocycles. The van der Waals surface area contributed by atoms with Crippen LogP contribution in [0.4, 0.5) is 0 Å². The molecule has 0 saturated carbocycles. The van der Waals surface area contributed by atoms with Crippen LogP contribution in [0.5, 0.6) is 0 Å². The van der Waals surface area contributed by atoms with Crippen molar-refractivity contribution in [3.05, 3.63) is 47.8 Å². The van der Waals surface area contributed by atoms with Crippen LogP contribution < -0.4 is 10.6 Å². The molecule has 7 heteroatoms. The summed E-state index contributed by atoms with van der Waals surface area (Å²) in [5.41, 5.74) is 3.49. The van der Waals surface area contributed by atoms with Gasteiger partial charge in [-0.2, -0.15) is 5.10 Å². The van der Waals surface area contributed by atoms with Gasteiger partial charge in [0.1, 0.15) is 0 Å². The molecule has 2 aliphatic rings. The van der Waals surface area contributed by atoms with Gasteiger partial charge < -0.3 is 15.4 Å².